The van der Waals surface area contributed by atoms with Gasteiger partial charge in [-0.25, -0.2) is 0 Å². The Labute approximate surface area is 137 Å². The number of aliphatic hydroxyl groups excluding tert-OH is 5. The molecule has 0 amide bonds. The molecule has 106 valence electrons. The van der Waals surface area contributed by atoms with Gasteiger partial charge >= 0.3 is 29.6 Å². The number of aliphatic carboxylic acids is 1. The summed E-state index contributed by atoms with van der Waals surface area (Å²) < 4.78 is 0. The first kappa shape index (κ1) is 21.6. The molecule has 5 unspecified atom stereocenters. The van der Waals surface area contributed by atoms with Gasteiger partial charge in [0, 0.05) is 12.0 Å². The van der Waals surface area contributed by atoms with Crippen LogP contribution in [0, 0.1) is 0 Å². The SMILES string of the molecule is O=C([O-])C(CS)N=CC(O)C(O)C(O)C(O)CO.[Na+]. The minimum absolute atomic E-state index is 0. The summed E-state index contributed by atoms with van der Waals surface area (Å²) in [5.41, 5.74) is 0. The van der Waals surface area contributed by atoms with Gasteiger partial charge in [-0.05, 0) is 0 Å². The number of aliphatic hydroxyl groups is 5. The fourth-order valence-corrected chi connectivity index (χ4v) is 1.24. The van der Waals surface area contributed by atoms with Gasteiger partial charge in [0.1, 0.15) is 24.4 Å². The van der Waals surface area contributed by atoms with Gasteiger partial charge in [-0.1, -0.05) is 0 Å². The molecule has 0 aliphatic heterocycles. The number of nitrogens with zero attached hydrogens (tertiary/aromatic N) is 1. The number of hydrogen-bond donors (Lipinski definition) is 6. The van der Waals surface area contributed by atoms with Gasteiger partial charge in [0.15, 0.2) is 0 Å². The van der Waals surface area contributed by atoms with Crippen molar-refractivity contribution in [2.45, 2.75) is 30.5 Å². The predicted molar refractivity (Wildman–Crippen MR) is 62.3 cm³/mol. The van der Waals surface area contributed by atoms with E-state index in [1.165, 1.54) is 0 Å². The number of carboxylic acid groups (broad SMARTS) is 1. The molecule has 5 N–H and O–H groups in total. The molecule has 19 heavy (non-hydrogen) atoms. The number of thiol groups is 1. The molecule has 0 aliphatic rings. The molecule has 10 heteroatoms. The summed E-state index contributed by atoms with van der Waals surface area (Å²) in [5.74, 6) is -1.66. The predicted octanol–water partition coefficient (Wildman–Crippen LogP) is -7.45. The van der Waals surface area contributed by atoms with Crippen LogP contribution in [-0.4, -0.2) is 80.5 Å². The summed E-state index contributed by atoms with van der Waals surface area (Å²) >= 11 is 3.70. The Morgan fingerprint density at radius 1 is 1.26 bits per heavy atom. The maximum atomic E-state index is 10.5. The van der Waals surface area contributed by atoms with Gasteiger partial charge in [0.2, 0.25) is 0 Å². The first-order chi connectivity index (χ1) is 8.34. The molecule has 0 heterocycles. The largest absolute Gasteiger partial charge is 1.00 e. The van der Waals surface area contributed by atoms with Gasteiger partial charge in [-0.15, -0.1) is 0 Å². The molecule has 5 atom stereocenters. The topological polar surface area (TPSA) is 154 Å². The molecule has 0 aromatic carbocycles. The van der Waals surface area contributed by atoms with Crippen LogP contribution in [0.15, 0.2) is 4.99 Å². The van der Waals surface area contributed by atoms with E-state index in [9.17, 15) is 25.2 Å². The van der Waals surface area contributed by atoms with Crippen molar-refractivity contribution in [3.05, 3.63) is 0 Å². The Kier molecular flexibility index (Phi) is 12.5. The zero-order valence-corrected chi connectivity index (χ0v) is 13.2. The van der Waals surface area contributed by atoms with Crippen LogP contribution in [0.4, 0.5) is 0 Å². The number of aliphatic imine (C=N–C) groups is 1. The molecule has 0 aliphatic carbocycles. The van der Waals surface area contributed by atoms with Crippen molar-refractivity contribution in [2.75, 3.05) is 12.4 Å². The van der Waals surface area contributed by atoms with Gasteiger partial charge in [-0.3, -0.25) is 4.99 Å². The maximum Gasteiger partial charge on any atom is 1.00 e. The van der Waals surface area contributed by atoms with Gasteiger partial charge < -0.3 is 35.4 Å². The van der Waals surface area contributed by atoms with E-state index in [0.29, 0.717) is 6.21 Å². The molecule has 0 fully saturated rings. The summed E-state index contributed by atoms with van der Waals surface area (Å²) in [5, 5.41) is 56.0. The zero-order chi connectivity index (χ0) is 14.3. The monoisotopic (exact) mass is 305 g/mol. The molecule has 0 aromatic heterocycles. The van der Waals surface area contributed by atoms with E-state index in [-0.39, 0.29) is 35.3 Å². The Morgan fingerprint density at radius 2 is 1.79 bits per heavy atom. The quantitative estimate of drug-likeness (QED) is 0.148. The van der Waals surface area contributed by atoms with E-state index in [1.807, 2.05) is 0 Å². The first-order valence-corrected chi connectivity index (χ1v) is 5.66. The third-order valence-corrected chi connectivity index (χ3v) is 2.49. The summed E-state index contributed by atoms with van der Waals surface area (Å²) in [7, 11) is 0. The van der Waals surface area contributed by atoms with Gasteiger partial charge in [0.05, 0.1) is 18.6 Å². The van der Waals surface area contributed by atoms with Crippen molar-refractivity contribution in [3.63, 3.8) is 0 Å². The van der Waals surface area contributed by atoms with E-state index in [1.54, 1.807) is 0 Å². The number of carbonyl (C=O) groups excluding carboxylic acids is 1. The van der Waals surface area contributed by atoms with Gasteiger partial charge in [0.25, 0.3) is 0 Å². The fraction of sp³-hybridized carbons (Fsp3) is 0.778. The van der Waals surface area contributed by atoms with E-state index in [4.69, 9.17) is 10.2 Å². The average Bonchev–Trinajstić information content (AvgIpc) is 2.35. The molecule has 0 saturated carbocycles. The van der Waals surface area contributed by atoms with Crippen LogP contribution in [-0.2, 0) is 4.79 Å². The van der Waals surface area contributed by atoms with Crippen molar-refractivity contribution in [1.29, 1.82) is 0 Å². The third kappa shape index (κ3) is 7.59. The van der Waals surface area contributed by atoms with Crippen molar-refractivity contribution in [1.82, 2.24) is 0 Å². The minimum Gasteiger partial charge on any atom is -0.548 e. The van der Waals surface area contributed by atoms with E-state index in [0.717, 1.165) is 0 Å². The smallest absolute Gasteiger partial charge is 0.548 e. The van der Waals surface area contributed by atoms with Crippen molar-refractivity contribution in [2.24, 2.45) is 4.99 Å². The number of hydrogen-bond acceptors (Lipinski definition) is 9. The Morgan fingerprint density at radius 3 is 2.16 bits per heavy atom. The van der Waals surface area contributed by atoms with Crippen molar-refractivity contribution in [3.8, 4) is 0 Å². The number of carboxylic acids is 1. The van der Waals surface area contributed by atoms with Crippen LogP contribution in [0.3, 0.4) is 0 Å². The standard InChI is InChI=1S/C9H17NO7S.Na/c11-2-6(13)8(15)7(14)5(12)1-10-4(3-18)9(16)17;/h1,4-8,11-15,18H,2-3H2,(H,16,17);/q;+1/p-1. The molecular formula is C9H16NNaO7S. The van der Waals surface area contributed by atoms with Gasteiger partial charge in [-0.2, -0.15) is 12.6 Å². The van der Waals surface area contributed by atoms with Crippen LogP contribution in [0.25, 0.3) is 0 Å². The second-order valence-corrected chi connectivity index (χ2v) is 3.90. The average molecular weight is 305 g/mol. The minimum atomic E-state index is -1.82. The Bertz CT molecular complexity index is 294. The molecule has 0 bridgehead atoms. The fourth-order valence-electron chi connectivity index (χ4n) is 1.00. The normalized spacial score (nSPS) is 19.3. The summed E-state index contributed by atoms with van der Waals surface area (Å²) in [6, 6.07) is -1.30. The van der Waals surface area contributed by atoms with Crippen LogP contribution >= 0.6 is 12.6 Å². The molecule has 0 rings (SSSR count). The molecule has 0 saturated heterocycles. The molecular weight excluding hydrogens is 289 g/mol. The van der Waals surface area contributed by atoms with E-state index >= 15 is 0 Å². The van der Waals surface area contributed by atoms with Crippen LogP contribution in [0.1, 0.15) is 0 Å². The molecule has 0 spiro atoms. The number of rotatable bonds is 8. The Hall–Kier alpha value is 0.290. The molecule has 0 radical (unpaired) electrons. The molecule has 8 nitrogen and oxygen atoms in total. The van der Waals surface area contributed by atoms with Crippen LogP contribution < -0.4 is 34.7 Å². The summed E-state index contributed by atoms with van der Waals surface area (Å²) in [4.78, 5) is 13.9. The van der Waals surface area contributed by atoms with E-state index in [2.05, 4.69) is 17.6 Å². The van der Waals surface area contributed by atoms with Crippen molar-refractivity contribution < 1.29 is 65.0 Å². The number of carbonyl (C=O) groups is 1. The maximum absolute atomic E-state index is 10.5. The first-order valence-electron chi connectivity index (χ1n) is 5.03. The van der Waals surface area contributed by atoms with Crippen molar-refractivity contribution >= 4 is 24.8 Å². The second kappa shape index (κ2) is 11.0. The summed E-state index contributed by atoms with van der Waals surface area (Å²) in [6.07, 6.45) is -6.26. The summed E-state index contributed by atoms with van der Waals surface area (Å²) in [6.45, 7) is -0.805. The zero-order valence-electron chi connectivity index (χ0n) is 10.3. The molecule has 0 aromatic rings. The second-order valence-electron chi connectivity index (χ2n) is 3.54. The Balaban J connectivity index is 0. The van der Waals surface area contributed by atoms with E-state index < -0.39 is 43.0 Å². The third-order valence-electron chi connectivity index (χ3n) is 2.14. The van der Waals surface area contributed by atoms with Crippen LogP contribution in [0.5, 0.6) is 0 Å². The van der Waals surface area contributed by atoms with Crippen LogP contribution in [0.2, 0.25) is 0 Å².